The zero-order valence-electron chi connectivity index (χ0n) is 17.2. The topological polar surface area (TPSA) is 157 Å². The lowest BCUT2D eigenvalue weighted by Crippen LogP contribution is -2.35. The average molecular weight is 414 g/mol. The summed E-state index contributed by atoms with van der Waals surface area (Å²) in [5.41, 5.74) is 5.03. The first-order chi connectivity index (χ1) is 13.8. The van der Waals surface area contributed by atoms with Crippen LogP contribution in [0.5, 0.6) is 0 Å². The van der Waals surface area contributed by atoms with Gasteiger partial charge >= 0.3 is 6.09 Å². The Morgan fingerprint density at radius 1 is 1.00 bits per heavy atom. The van der Waals surface area contributed by atoms with Gasteiger partial charge in [0, 0.05) is 38.0 Å². The molecule has 0 aromatic heterocycles. The van der Waals surface area contributed by atoms with Gasteiger partial charge in [0.2, 0.25) is 11.8 Å². The number of methoxy groups -OCH3 is 2. The summed E-state index contributed by atoms with van der Waals surface area (Å²) < 4.78 is 8.80. The van der Waals surface area contributed by atoms with E-state index in [0.717, 1.165) is 38.6 Å². The first-order valence-corrected chi connectivity index (χ1v) is 8.85. The Labute approximate surface area is 170 Å². The van der Waals surface area contributed by atoms with Crippen molar-refractivity contribution in [2.45, 2.75) is 26.7 Å². The molecule has 29 heavy (non-hydrogen) atoms. The molecule has 1 aliphatic rings. The molecule has 0 fully saturated rings. The molecule has 0 radical (unpaired) electrons. The maximum Gasteiger partial charge on any atom is 0.423 e. The van der Waals surface area contributed by atoms with Gasteiger partial charge in [-0.2, -0.15) is 4.90 Å². The molecule has 5 amide bonds. The first-order valence-electron chi connectivity index (χ1n) is 8.85. The van der Waals surface area contributed by atoms with E-state index in [4.69, 9.17) is 5.73 Å². The lowest BCUT2D eigenvalue weighted by molar-refractivity contribution is -0.134. The van der Waals surface area contributed by atoms with Gasteiger partial charge in [-0.3, -0.25) is 19.2 Å². The summed E-state index contributed by atoms with van der Waals surface area (Å²) in [5.74, 6) is -1.94. The van der Waals surface area contributed by atoms with Crippen molar-refractivity contribution in [3.8, 4) is 0 Å². The second-order valence-electron chi connectivity index (χ2n) is 5.20. The molecule has 11 heteroatoms. The second kappa shape index (κ2) is 18.3. The minimum absolute atomic E-state index is 0.139. The number of nitrogens with one attached hydrogen (secondary N) is 2. The quantitative estimate of drug-likeness (QED) is 0.294. The Balaban J connectivity index is 0. The molecule has 4 N–H and O–H groups in total. The number of ether oxygens (including phenoxy) is 2. The highest BCUT2D eigenvalue weighted by atomic mass is 16.5. The van der Waals surface area contributed by atoms with E-state index in [2.05, 4.69) is 27.0 Å². The van der Waals surface area contributed by atoms with Gasteiger partial charge in [0.05, 0.1) is 7.11 Å². The summed E-state index contributed by atoms with van der Waals surface area (Å²) in [5, 5.41) is 5.02. The van der Waals surface area contributed by atoms with Crippen molar-refractivity contribution in [3.05, 3.63) is 24.3 Å². The summed E-state index contributed by atoms with van der Waals surface area (Å²) in [6.07, 6.45) is 5.41. The van der Waals surface area contributed by atoms with Gasteiger partial charge in [0.1, 0.15) is 6.73 Å². The van der Waals surface area contributed by atoms with E-state index in [9.17, 15) is 24.0 Å². The number of hydrogen-bond acceptors (Lipinski definition) is 8. The van der Waals surface area contributed by atoms with Gasteiger partial charge in [0.25, 0.3) is 11.8 Å². The highest BCUT2D eigenvalue weighted by Crippen LogP contribution is 2.04. The summed E-state index contributed by atoms with van der Waals surface area (Å²) >= 11 is 0. The van der Waals surface area contributed by atoms with Crippen LogP contribution in [0.2, 0.25) is 0 Å². The van der Waals surface area contributed by atoms with Crippen LogP contribution in [0, 0.1) is 0 Å². The second-order valence-corrected chi connectivity index (χ2v) is 5.20. The fourth-order valence-electron chi connectivity index (χ4n) is 1.33. The monoisotopic (exact) mass is 414 g/mol. The standard InChI is InChI=1S/C9H16N2O3.C6H5NO4.C3H9N/c1-3-6-10-8(12)4-5-9(13)11-7-14-2;1-11-6(10)7-4(8)2-3-5(7)9;1-2-3-4/h4-5H,3,6-7H2,1-2H3,(H,10,12)(H,11,13);2-3H,1H3;2-4H2,1H3. The summed E-state index contributed by atoms with van der Waals surface area (Å²) in [4.78, 5) is 54.4. The van der Waals surface area contributed by atoms with Crippen molar-refractivity contribution < 1.29 is 33.4 Å². The lowest BCUT2D eigenvalue weighted by Gasteiger charge is -2.08. The molecular weight excluding hydrogens is 384 g/mol. The van der Waals surface area contributed by atoms with Gasteiger partial charge in [0.15, 0.2) is 0 Å². The Kier molecular flexibility index (Phi) is 17.8. The SMILES string of the molecule is CCCN.CCCNC(=O)C=CC(=O)NCOC.COC(=O)N1C(=O)C=CC1=O. The van der Waals surface area contributed by atoms with Crippen LogP contribution in [0.25, 0.3) is 0 Å². The van der Waals surface area contributed by atoms with Crippen LogP contribution in [-0.2, 0) is 28.7 Å². The lowest BCUT2D eigenvalue weighted by atomic mass is 10.4. The summed E-state index contributed by atoms with van der Waals surface area (Å²) in [7, 11) is 2.57. The van der Waals surface area contributed by atoms with E-state index < -0.39 is 17.9 Å². The zero-order valence-corrected chi connectivity index (χ0v) is 17.2. The van der Waals surface area contributed by atoms with Crippen LogP contribution >= 0.6 is 0 Å². The number of hydrogen-bond donors (Lipinski definition) is 3. The number of carbonyl (C=O) groups excluding carboxylic acids is 5. The predicted octanol–water partition coefficient (Wildman–Crippen LogP) is -0.178. The first kappa shape index (κ1) is 28.2. The van der Waals surface area contributed by atoms with Crippen LogP contribution in [0.15, 0.2) is 24.3 Å². The van der Waals surface area contributed by atoms with E-state index in [0.29, 0.717) is 11.4 Å². The molecule has 11 nitrogen and oxygen atoms in total. The fourth-order valence-corrected chi connectivity index (χ4v) is 1.33. The van der Waals surface area contributed by atoms with Crippen molar-refractivity contribution in [2.75, 3.05) is 34.0 Å². The average Bonchev–Trinajstić information content (AvgIpc) is 3.07. The minimum Gasteiger partial charge on any atom is -0.452 e. The highest BCUT2D eigenvalue weighted by molar-refractivity contribution is 6.21. The Hall–Kier alpha value is -3.05. The number of carbonyl (C=O) groups is 5. The molecule has 164 valence electrons. The molecule has 0 aromatic carbocycles. The molecule has 1 aliphatic heterocycles. The zero-order chi connectivity index (χ0) is 22.7. The molecule has 0 saturated heterocycles. The van der Waals surface area contributed by atoms with Crippen molar-refractivity contribution in [3.63, 3.8) is 0 Å². The Morgan fingerprint density at radius 3 is 1.86 bits per heavy atom. The highest BCUT2D eigenvalue weighted by Gasteiger charge is 2.30. The summed E-state index contributed by atoms with van der Waals surface area (Å²) in [6, 6.07) is 0. The van der Waals surface area contributed by atoms with E-state index in [-0.39, 0.29) is 18.5 Å². The third kappa shape index (κ3) is 14.7. The molecule has 0 atom stereocenters. The van der Waals surface area contributed by atoms with Crippen LogP contribution in [0.1, 0.15) is 26.7 Å². The van der Waals surface area contributed by atoms with Gasteiger partial charge < -0.3 is 25.8 Å². The van der Waals surface area contributed by atoms with Gasteiger partial charge in [-0.1, -0.05) is 13.8 Å². The maximum absolute atomic E-state index is 11.0. The van der Waals surface area contributed by atoms with Crippen LogP contribution in [-0.4, -0.2) is 68.7 Å². The van der Waals surface area contributed by atoms with Crippen molar-refractivity contribution in [1.82, 2.24) is 15.5 Å². The molecule has 0 aromatic rings. The number of rotatable bonds is 7. The number of imide groups is 3. The van der Waals surface area contributed by atoms with Crippen LogP contribution in [0.3, 0.4) is 0 Å². The van der Waals surface area contributed by atoms with E-state index in [1.807, 2.05) is 6.92 Å². The van der Waals surface area contributed by atoms with E-state index in [1.54, 1.807) is 0 Å². The van der Waals surface area contributed by atoms with Gasteiger partial charge in [-0.25, -0.2) is 4.79 Å². The molecule has 1 heterocycles. The van der Waals surface area contributed by atoms with Crippen molar-refractivity contribution >= 4 is 29.7 Å². The summed E-state index contributed by atoms with van der Waals surface area (Å²) in [6.45, 7) is 5.58. The Bertz CT molecular complexity index is 561. The third-order valence-corrected chi connectivity index (χ3v) is 2.78. The molecule has 0 bridgehead atoms. The Morgan fingerprint density at radius 2 is 1.48 bits per heavy atom. The van der Waals surface area contributed by atoms with E-state index in [1.165, 1.54) is 19.3 Å². The molecule has 0 aliphatic carbocycles. The van der Waals surface area contributed by atoms with Crippen LogP contribution < -0.4 is 16.4 Å². The molecule has 0 spiro atoms. The maximum atomic E-state index is 11.0. The molecule has 0 saturated carbocycles. The van der Waals surface area contributed by atoms with Crippen molar-refractivity contribution in [2.24, 2.45) is 5.73 Å². The van der Waals surface area contributed by atoms with Crippen molar-refractivity contribution in [1.29, 1.82) is 0 Å². The third-order valence-electron chi connectivity index (χ3n) is 2.78. The molecule has 0 unspecified atom stereocenters. The molecular formula is C18H30N4O7. The normalized spacial score (nSPS) is 12.0. The largest absolute Gasteiger partial charge is 0.452 e. The predicted molar refractivity (Wildman–Crippen MR) is 105 cm³/mol. The van der Waals surface area contributed by atoms with Crippen LogP contribution in [0.4, 0.5) is 4.79 Å². The van der Waals surface area contributed by atoms with Gasteiger partial charge in [-0.15, -0.1) is 0 Å². The number of amides is 5. The molecule has 1 rings (SSSR count). The van der Waals surface area contributed by atoms with E-state index >= 15 is 0 Å². The fraction of sp³-hybridized carbons (Fsp3) is 0.500. The smallest absolute Gasteiger partial charge is 0.423 e. The number of nitrogens with two attached hydrogens (primary N) is 1. The number of nitrogens with zero attached hydrogens (tertiary/aromatic N) is 1. The minimum atomic E-state index is -0.954. The van der Waals surface area contributed by atoms with Gasteiger partial charge in [-0.05, 0) is 19.4 Å².